The summed E-state index contributed by atoms with van der Waals surface area (Å²) in [6, 6.07) is 1.85. The van der Waals surface area contributed by atoms with E-state index in [0.29, 0.717) is 18.4 Å². The van der Waals surface area contributed by atoms with Crippen molar-refractivity contribution in [3.63, 3.8) is 0 Å². The summed E-state index contributed by atoms with van der Waals surface area (Å²) in [6.07, 6.45) is 3.03. The number of hydrogen-bond acceptors (Lipinski definition) is 6. The first-order valence-corrected chi connectivity index (χ1v) is 7.41. The van der Waals surface area contributed by atoms with Gasteiger partial charge in [0, 0.05) is 25.1 Å². The molecule has 6 heteroatoms. The fourth-order valence-corrected chi connectivity index (χ4v) is 2.13. The maximum Gasteiger partial charge on any atom is 0.219 e. The monoisotopic (exact) mass is 269 g/mol. The van der Waals surface area contributed by atoms with Gasteiger partial charge in [0.25, 0.3) is 0 Å². The highest BCUT2D eigenvalue weighted by molar-refractivity contribution is 7.98. The van der Waals surface area contributed by atoms with Crippen LogP contribution >= 0.6 is 11.8 Å². The number of nitrogens with zero attached hydrogens (tertiary/aromatic N) is 2. The number of anilines is 1. The Labute approximate surface area is 112 Å². The minimum Gasteiger partial charge on any atom is -0.477 e. The highest BCUT2D eigenvalue weighted by Gasteiger charge is 2.16. The van der Waals surface area contributed by atoms with Crippen molar-refractivity contribution in [2.75, 3.05) is 37.9 Å². The van der Waals surface area contributed by atoms with Crippen LogP contribution in [0.2, 0.25) is 0 Å². The van der Waals surface area contributed by atoms with Crippen LogP contribution in [0.1, 0.15) is 13.3 Å². The van der Waals surface area contributed by atoms with E-state index in [-0.39, 0.29) is 0 Å². The summed E-state index contributed by atoms with van der Waals surface area (Å²) in [7, 11) is 0. The lowest BCUT2D eigenvalue weighted by Crippen LogP contribution is -2.13. The Morgan fingerprint density at radius 3 is 3.11 bits per heavy atom. The summed E-state index contributed by atoms with van der Waals surface area (Å²) in [5.74, 6) is 1.94. The van der Waals surface area contributed by atoms with Crippen LogP contribution in [0.5, 0.6) is 5.88 Å². The lowest BCUT2D eigenvalue weighted by Gasteiger charge is -2.11. The zero-order valence-electron chi connectivity index (χ0n) is 10.8. The Morgan fingerprint density at radius 2 is 2.44 bits per heavy atom. The molecular weight excluding hydrogens is 250 g/mol. The van der Waals surface area contributed by atoms with E-state index in [4.69, 9.17) is 9.47 Å². The van der Waals surface area contributed by atoms with E-state index in [1.807, 2.05) is 19.2 Å². The first kappa shape index (κ1) is 13.4. The number of hydrogen-bond donors (Lipinski definition) is 1. The minimum atomic E-state index is 0.486. The minimum absolute atomic E-state index is 0.486. The van der Waals surface area contributed by atoms with E-state index in [1.165, 1.54) is 11.8 Å². The van der Waals surface area contributed by atoms with Gasteiger partial charge in [-0.15, -0.1) is 0 Å². The molecule has 1 unspecified atom stereocenters. The fourth-order valence-electron chi connectivity index (χ4n) is 1.76. The second kappa shape index (κ2) is 6.80. The molecule has 1 aromatic rings. The molecular formula is C12H19N3O2S. The topological polar surface area (TPSA) is 56.3 Å². The average molecular weight is 269 g/mol. The third-order valence-electron chi connectivity index (χ3n) is 2.71. The van der Waals surface area contributed by atoms with Crippen molar-refractivity contribution in [2.24, 2.45) is 5.92 Å². The first-order chi connectivity index (χ1) is 8.81. The Balaban J connectivity index is 1.98. The molecule has 1 aliphatic rings. The lowest BCUT2D eigenvalue weighted by atomic mass is 10.1. The summed E-state index contributed by atoms with van der Waals surface area (Å²) >= 11 is 1.51. The summed E-state index contributed by atoms with van der Waals surface area (Å²) < 4.78 is 11.1. The number of rotatable bonds is 6. The second-order valence-corrected chi connectivity index (χ2v) is 4.92. The third kappa shape index (κ3) is 3.74. The Morgan fingerprint density at radius 1 is 1.56 bits per heavy atom. The van der Waals surface area contributed by atoms with Crippen molar-refractivity contribution in [3.8, 4) is 5.88 Å². The number of aromatic nitrogens is 2. The standard InChI is InChI=1S/C12H19N3O2S/c1-3-13-10-6-11(15-12(14-10)18-2)17-8-9-4-5-16-7-9/h6,9H,3-5,7-8H2,1-2H3,(H,13,14,15). The molecule has 0 amide bonds. The molecule has 0 saturated carbocycles. The molecule has 1 aromatic heterocycles. The van der Waals surface area contributed by atoms with Crippen LogP contribution in [0.3, 0.4) is 0 Å². The van der Waals surface area contributed by atoms with Gasteiger partial charge in [-0.1, -0.05) is 11.8 Å². The predicted octanol–water partition coefficient (Wildman–Crippen LogP) is 2.05. The molecule has 0 aromatic carbocycles. The van der Waals surface area contributed by atoms with E-state index in [2.05, 4.69) is 15.3 Å². The van der Waals surface area contributed by atoms with Gasteiger partial charge in [-0.2, -0.15) is 4.98 Å². The van der Waals surface area contributed by atoms with Crippen LogP contribution in [-0.2, 0) is 4.74 Å². The quantitative estimate of drug-likeness (QED) is 0.630. The SMILES string of the molecule is CCNc1cc(OCC2CCOC2)nc(SC)n1. The van der Waals surface area contributed by atoms with Crippen molar-refractivity contribution in [2.45, 2.75) is 18.5 Å². The van der Waals surface area contributed by atoms with Crippen LogP contribution in [0, 0.1) is 5.92 Å². The van der Waals surface area contributed by atoms with Gasteiger partial charge < -0.3 is 14.8 Å². The molecule has 5 nitrogen and oxygen atoms in total. The van der Waals surface area contributed by atoms with Crippen molar-refractivity contribution in [1.82, 2.24) is 9.97 Å². The Kier molecular flexibility index (Phi) is 5.07. The summed E-state index contributed by atoms with van der Waals surface area (Å²) in [5.41, 5.74) is 0. The van der Waals surface area contributed by atoms with Crippen molar-refractivity contribution < 1.29 is 9.47 Å². The number of nitrogens with one attached hydrogen (secondary N) is 1. The fraction of sp³-hybridized carbons (Fsp3) is 0.667. The van der Waals surface area contributed by atoms with Crippen molar-refractivity contribution >= 4 is 17.6 Å². The van der Waals surface area contributed by atoms with E-state index in [0.717, 1.165) is 37.2 Å². The predicted molar refractivity (Wildman–Crippen MR) is 72.4 cm³/mol. The van der Waals surface area contributed by atoms with E-state index in [1.54, 1.807) is 0 Å². The van der Waals surface area contributed by atoms with Gasteiger partial charge in [0.05, 0.1) is 13.2 Å². The van der Waals surface area contributed by atoms with E-state index < -0.39 is 0 Å². The summed E-state index contributed by atoms with van der Waals surface area (Å²) in [5, 5.41) is 3.91. The van der Waals surface area contributed by atoms with Gasteiger partial charge in [0.15, 0.2) is 5.16 Å². The molecule has 0 bridgehead atoms. The van der Waals surface area contributed by atoms with Crippen LogP contribution in [0.25, 0.3) is 0 Å². The van der Waals surface area contributed by atoms with Gasteiger partial charge in [0.1, 0.15) is 5.82 Å². The van der Waals surface area contributed by atoms with Crippen LogP contribution in [0.4, 0.5) is 5.82 Å². The van der Waals surface area contributed by atoms with Gasteiger partial charge in [-0.25, -0.2) is 4.98 Å². The molecule has 1 N–H and O–H groups in total. The molecule has 2 heterocycles. The molecule has 100 valence electrons. The average Bonchev–Trinajstić information content (AvgIpc) is 2.89. The summed E-state index contributed by atoms with van der Waals surface area (Å²) in [6.45, 7) is 5.17. The van der Waals surface area contributed by atoms with Gasteiger partial charge >= 0.3 is 0 Å². The largest absolute Gasteiger partial charge is 0.477 e. The zero-order valence-corrected chi connectivity index (χ0v) is 11.6. The van der Waals surface area contributed by atoms with Crippen LogP contribution in [0.15, 0.2) is 11.2 Å². The zero-order chi connectivity index (χ0) is 12.8. The molecule has 0 aliphatic carbocycles. The van der Waals surface area contributed by atoms with Gasteiger partial charge in [-0.05, 0) is 19.6 Å². The number of thioether (sulfide) groups is 1. The maximum absolute atomic E-state index is 5.73. The lowest BCUT2D eigenvalue weighted by molar-refractivity contribution is 0.165. The van der Waals surface area contributed by atoms with Crippen LogP contribution < -0.4 is 10.1 Å². The maximum atomic E-state index is 5.73. The molecule has 18 heavy (non-hydrogen) atoms. The first-order valence-electron chi connectivity index (χ1n) is 6.19. The molecule has 0 radical (unpaired) electrons. The van der Waals surface area contributed by atoms with Gasteiger partial charge in [0.2, 0.25) is 5.88 Å². The van der Waals surface area contributed by atoms with Crippen molar-refractivity contribution in [1.29, 1.82) is 0 Å². The van der Waals surface area contributed by atoms with Crippen molar-refractivity contribution in [3.05, 3.63) is 6.07 Å². The third-order valence-corrected chi connectivity index (χ3v) is 3.26. The van der Waals surface area contributed by atoms with E-state index >= 15 is 0 Å². The molecule has 2 rings (SSSR count). The smallest absolute Gasteiger partial charge is 0.219 e. The highest BCUT2D eigenvalue weighted by atomic mass is 32.2. The molecule has 0 spiro atoms. The Hall–Kier alpha value is -1.01. The highest BCUT2D eigenvalue weighted by Crippen LogP contribution is 2.20. The van der Waals surface area contributed by atoms with Crippen LogP contribution in [-0.4, -0.2) is 42.6 Å². The Bertz CT molecular complexity index is 384. The second-order valence-electron chi connectivity index (χ2n) is 4.15. The number of ether oxygens (including phenoxy) is 2. The van der Waals surface area contributed by atoms with E-state index in [9.17, 15) is 0 Å². The molecule has 1 fully saturated rings. The molecule has 1 saturated heterocycles. The molecule has 1 atom stereocenters. The normalized spacial score (nSPS) is 18.9. The summed E-state index contributed by atoms with van der Waals surface area (Å²) in [4.78, 5) is 8.70. The molecule has 1 aliphatic heterocycles. The van der Waals surface area contributed by atoms with Gasteiger partial charge in [-0.3, -0.25) is 0 Å².